The van der Waals surface area contributed by atoms with Gasteiger partial charge >= 0.3 is 12.1 Å². The molecule has 0 aliphatic heterocycles. The van der Waals surface area contributed by atoms with E-state index in [9.17, 15) is 22.8 Å². The van der Waals surface area contributed by atoms with Gasteiger partial charge in [0.25, 0.3) is 0 Å². The van der Waals surface area contributed by atoms with Gasteiger partial charge in [-0.1, -0.05) is 24.3 Å². The summed E-state index contributed by atoms with van der Waals surface area (Å²) in [5.41, 5.74) is 0.147. The molecule has 2 aromatic rings. The van der Waals surface area contributed by atoms with Crippen LogP contribution in [0.1, 0.15) is 18.4 Å². The fraction of sp³-hybridized carbons (Fsp3) is 0.368. The number of hydrogen-bond acceptors (Lipinski definition) is 3. The van der Waals surface area contributed by atoms with Crippen molar-refractivity contribution in [2.75, 3.05) is 26.1 Å². The van der Waals surface area contributed by atoms with Crippen molar-refractivity contribution in [1.82, 2.24) is 0 Å². The second kappa shape index (κ2) is 8.85. The van der Waals surface area contributed by atoms with E-state index in [1.54, 1.807) is 31.4 Å². The van der Waals surface area contributed by atoms with Gasteiger partial charge in [0.15, 0.2) is 0 Å². The van der Waals surface area contributed by atoms with Crippen LogP contribution < -0.4 is 10.1 Å². The van der Waals surface area contributed by atoms with Crippen LogP contribution in [0.4, 0.5) is 18.9 Å². The summed E-state index contributed by atoms with van der Waals surface area (Å²) < 4.78 is 47.4. The Morgan fingerprint density at radius 2 is 1.93 bits per heavy atom. The first kappa shape index (κ1) is 20.7. The number of ether oxygens (including phenoxy) is 2. The fourth-order valence-corrected chi connectivity index (χ4v) is 2.79. The Bertz CT molecular complexity index is 834. The third-order valence-corrected chi connectivity index (χ3v) is 4.03. The monoisotopic (exact) mass is 384 g/mol. The van der Waals surface area contributed by atoms with E-state index in [0.29, 0.717) is 23.8 Å². The number of ketones is 1. The molecule has 0 bridgehead atoms. The molecule has 2 N–H and O–H groups in total. The van der Waals surface area contributed by atoms with E-state index in [-0.39, 0.29) is 35.6 Å². The Hall–Kier alpha value is -2.61. The molecule has 0 saturated heterocycles. The van der Waals surface area contributed by atoms with E-state index >= 15 is 0 Å². The zero-order chi connectivity index (χ0) is 20.0. The van der Waals surface area contributed by atoms with Gasteiger partial charge in [-0.15, -0.1) is 0 Å². The molecule has 0 fully saturated rings. The Morgan fingerprint density at radius 3 is 2.56 bits per heavy atom. The summed E-state index contributed by atoms with van der Waals surface area (Å²) in [5.74, 6) is -1.99. The highest BCUT2D eigenvalue weighted by Gasteiger charge is 2.39. The largest absolute Gasteiger partial charge is 0.496 e. The van der Waals surface area contributed by atoms with Crippen LogP contribution in [0.2, 0.25) is 0 Å². The number of aliphatic hydroxyl groups is 2. The molecule has 0 radical (unpaired) electrons. The van der Waals surface area contributed by atoms with Gasteiger partial charge in [-0.3, -0.25) is 9.59 Å². The van der Waals surface area contributed by atoms with Crippen molar-refractivity contribution in [1.29, 1.82) is 0 Å². The normalized spacial score (nSPS) is 11.4. The maximum Gasteiger partial charge on any atom is 0.471 e. The number of anilines is 1. The number of benzene rings is 2. The summed E-state index contributed by atoms with van der Waals surface area (Å²) in [6.07, 6.45) is -4.40. The van der Waals surface area contributed by atoms with E-state index in [1.165, 1.54) is 13.2 Å². The highest BCUT2D eigenvalue weighted by atomic mass is 19.4. The summed E-state index contributed by atoms with van der Waals surface area (Å²) in [5, 5.41) is 3.12. The number of alkyl halides is 3. The van der Waals surface area contributed by atoms with Gasteiger partial charge in [-0.05, 0) is 11.5 Å². The lowest BCUT2D eigenvalue weighted by Gasteiger charge is -2.18. The minimum absolute atomic E-state index is 0.0820. The molecule has 0 aromatic heterocycles. The molecule has 5 nitrogen and oxygen atoms in total. The predicted octanol–water partition coefficient (Wildman–Crippen LogP) is 3.40. The van der Waals surface area contributed by atoms with Crippen LogP contribution in [0.25, 0.3) is 10.8 Å². The van der Waals surface area contributed by atoms with Crippen LogP contribution in [0.3, 0.4) is 0 Å². The fourth-order valence-electron chi connectivity index (χ4n) is 2.79. The summed E-state index contributed by atoms with van der Waals surface area (Å²) in [4.78, 5) is 23.7. The molecule has 0 unspecified atom stereocenters. The highest BCUT2D eigenvalue weighted by Crippen LogP contribution is 2.37. The van der Waals surface area contributed by atoms with Gasteiger partial charge < -0.3 is 14.8 Å². The average molecular weight is 384 g/mol. The standard InChI is InChI=1S/C19H20F3NO4/c1-26-9-5-7-13(24)11-15-16(23-18(25)19(20,21)22)10-12-6-3-4-8-14(12)17(15)27-2/h3-4,6,8,10H,5,7,9,11H2,1-2H3,(H,23,25)/p+1. The molecule has 8 heteroatoms. The van der Waals surface area contributed by atoms with E-state index in [0.717, 1.165) is 0 Å². The highest BCUT2D eigenvalue weighted by molar-refractivity contribution is 6.02. The van der Waals surface area contributed by atoms with Gasteiger partial charge in [0.1, 0.15) is 25.2 Å². The molecular formula is C19H21F3NO4+. The number of methoxy groups -OCH3 is 1. The summed E-state index contributed by atoms with van der Waals surface area (Å²) in [6, 6.07) is 8.33. The van der Waals surface area contributed by atoms with Crippen molar-refractivity contribution >= 4 is 28.2 Å². The van der Waals surface area contributed by atoms with Gasteiger partial charge in [0.2, 0.25) is 0 Å². The average Bonchev–Trinajstić information content (AvgIpc) is 2.61. The van der Waals surface area contributed by atoms with E-state index < -0.39 is 12.1 Å². The molecule has 0 saturated carbocycles. The predicted molar refractivity (Wildman–Crippen MR) is 96.1 cm³/mol. The molecule has 0 heterocycles. The van der Waals surface area contributed by atoms with Crippen LogP contribution in [0.5, 0.6) is 5.75 Å². The number of carbonyl (C=O) groups excluding carboxylic acids is 2. The lowest BCUT2D eigenvalue weighted by molar-refractivity contribution is -0.167. The molecular weight excluding hydrogens is 363 g/mol. The molecule has 1 amide bonds. The molecule has 146 valence electrons. The van der Waals surface area contributed by atoms with Crippen LogP contribution >= 0.6 is 0 Å². The lowest BCUT2D eigenvalue weighted by atomic mass is 9.97. The number of nitrogens with one attached hydrogen (secondary N) is 1. The Morgan fingerprint density at radius 1 is 1.22 bits per heavy atom. The molecule has 0 aliphatic rings. The van der Waals surface area contributed by atoms with Crippen molar-refractivity contribution in [2.45, 2.75) is 25.4 Å². The maximum atomic E-state index is 12.7. The van der Waals surface area contributed by atoms with E-state index in [1.807, 2.05) is 5.32 Å². The SMILES string of the molecule is COc1c(CC(=O)CCC[OH+]C)c(NC(=O)C(F)(F)F)cc2ccccc12. The van der Waals surface area contributed by atoms with Crippen LogP contribution in [-0.2, 0) is 16.0 Å². The van der Waals surface area contributed by atoms with Crippen molar-refractivity contribution in [2.24, 2.45) is 0 Å². The van der Waals surface area contributed by atoms with Crippen LogP contribution in [0, 0.1) is 0 Å². The Kier molecular flexibility index (Phi) is 6.79. The van der Waals surface area contributed by atoms with Crippen molar-refractivity contribution < 1.29 is 32.2 Å². The number of Topliss-reactive ketones (excluding diaryl/α,β-unsaturated/α-hetero) is 1. The summed E-state index contributed by atoms with van der Waals surface area (Å²) >= 11 is 0. The van der Waals surface area contributed by atoms with Gasteiger partial charge in [0.05, 0.1) is 7.11 Å². The van der Waals surface area contributed by atoms with Gasteiger partial charge in [-0.2, -0.15) is 13.2 Å². The third-order valence-electron chi connectivity index (χ3n) is 4.03. The molecule has 0 atom stereocenters. The second-order valence-electron chi connectivity index (χ2n) is 5.97. The minimum atomic E-state index is -5.04. The molecule has 2 aromatic carbocycles. The number of amides is 1. The zero-order valence-electron chi connectivity index (χ0n) is 15.0. The first-order chi connectivity index (χ1) is 12.8. The maximum absolute atomic E-state index is 12.7. The second-order valence-corrected chi connectivity index (χ2v) is 5.97. The van der Waals surface area contributed by atoms with Gasteiger partial charge in [0, 0.05) is 35.9 Å². The number of halogens is 3. The van der Waals surface area contributed by atoms with Crippen molar-refractivity contribution in [3.63, 3.8) is 0 Å². The topological polar surface area (TPSA) is 68.2 Å². The first-order valence-electron chi connectivity index (χ1n) is 8.32. The third kappa shape index (κ3) is 5.19. The zero-order valence-corrected chi connectivity index (χ0v) is 15.0. The first-order valence-corrected chi connectivity index (χ1v) is 8.32. The quantitative estimate of drug-likeness (QED) is 0.560. The van der Waals surface area contributed by atoms with E-state index in [2.05, 4.69) is 4.74 Å². The molecule has 2 rings (SSSR count). The Labute approximate surface area is 154 Å². The summed E-state index contributed by atoms with van der Waals surface area (Å²) in [7, 11) is 3.02. The minimum Gasteiger partial charge on any atom is -0.496 e. The number of hydrogen-bond donors (Lipinski definition) is 1. The number of fused-ring (bicyclic) bond motifs is 1. The number of rotatable bonds is 8. The molecule has 0 spiro atoms. The summed E-state index contributed by atoms with van der Waals surface area (Å²) in [6.45, 7) is 0.526. The van der Waals surface area contributed by atoms with Crippen molar-refractivity contribution in [3.05, 3.63) is 35.9 Å². The molecule has 0 aliphatic carbocycles. The lowest BCUT2D eigenvalue weighted by Crippen LogP contribution is -2.30. The van der Waals surface area contributed by atoms with Crippen molar-refractivity contribution in [3.8, 4) is 5.75 Å². The van der Waals surface area contributed by atoms with E-state index in [4.69, 9.17) is 4.74 Å². The molecule has 27 heavy (non-hydrogen) atoms. The smallest absolute Gasteiger partial charge is 0.471 e. The van der Waals surface area contributed by atoms with Crippen LogP contribution in [0.15, 0.2) is 30.3 Å². The van der Waals surface area contributed by atoms with Gasteiger partial charge in [-0.25, -0.2) is 0 Å². The Balaban J connectivity index is 2.47. The number of carbonyl (C=O) groups is 2. The van der Waals surface area contributed by atoms with Crippen LogP contribution in [-0.4, -0.2) is 43.4 Å².